The molecule has 0 fully saturated rings. The molecule has 0 aliphatic carbocycles. The molecule has 0 radical (unpaired) electrons. The molecule has 0 spiro atoms. The van der Waals surface area contributed by atoms with Crippen molar-refractivity contribution in [3.63, 3.8) is 0 Å². The Hall–Kier alpha value is -7.60. The SMILES string of the molecule is Cc1ccc(CC(=O)c2ccc3c(c2)C(=O)N(c2ccc(Cc4ccc(N5C(=O)c6ccc(C(=O)Nc7ccc(N)cn7)cc6C5=O)cc4)cc2)C3=O)nc1. The molecule has 2 aliphatic heterocycles. The maximum absolute atomic E-state index is 13.4. The lowest BCUT2D eigenvalue weighted by Crippen LogP contribution is -2.29. The number of imide groups is 2. The number of aryl methyl sites for hydroxylation is 1. The fourth-order valence-electron chi connectivity index (χ4n) is 6.56. The van der Waals surface area contributed by atoms with Crippen LogP contribution in [0.5, 0.6) is 0 Å². The number of nitrogens with one attached hydrogen (secondary N) is 1. The summed E-state index contributed by atoms with van der Waals surface area (Å²) >= 11 is 0. The van der Waals surface area contributed by atoms with Gasteiger partial charge < -0.3 is 11.1 Å². The summed E-state index contributed by atoms with van der Waals surface area (Å²) < 4.78 is 0. The summed E-state index contributed by atoms with van der Waals surface area (Å²) in [5, 5.41) is 2.65. The number of benzene rings is 4. The van der Waals surface area contributed by atoms with E-state index in [4.69, 9.17) is 5.73 Å². The number of rotatable bonds is 9. The van der Waals surface area contributed by atoms with Gasteiger partial charge in [-0.15, -0.1) is 0 Å². The molecule has 2 aliphatic rings. The summed E-state index contributed by atoms with van der Waals surface area (Å²) in [6, 6.07) is 29.7. The van der Waals surface area contributed by atoms with E-state index >= 15 is 0 Å². The van der Waals surface area contributed by atoms with Crippen LogP contribution < -0.4 is 20.9 Å². The fourth-order valence-corrected chi connectivity index (χ4v) is 6.56. The molecule has 4 aromatic carbocycles. The molecular weight excluding hydrogens is 697 g/mol. The maximum atomic E-state index is 13.4. The number of pyridine rings is 2. The number of carbonyl (C=O) groups is 6. The molecule has 268 valence electrons. The van der Waals surface area contributed by atoms with Crippen LogP contribution in [0.2, 0.25) is 0 Å². The standard InChI is InChI=1S/C43H30N6O6/c1-24-2-10-30(45-22-24)21-37(50)27-7-15-33-35(19-27)42(54)48(40(33)52)31-11-3-25(4-12-31)18-26-5-13-32(14-6-26)49-41(53)34-16-8-28(20-36(34)43(49)55)39(51)47-38-17-9-29(44)23-46-38/h2-17,19-20,22-23H,18,21,44H2,1H3,(H,46,47,51). The summed E-state index contributed by atoms with van der Waals surface area (Å²) in [5.74, 6) is -2.41. The van der Waals surface area contributed by atoms with E-state index in [0.717, 1.165) is 26.5 Å². The number of anilines is 4. The first-order chi connectivity index (χ1) is 26.5. The lowest BCUT2D eigenvalue weighted by atomic mass is 10.0. The zero-order valence-electron chi connectivity index (χ0n) is 29.3. The molecule has 0 unspecified atom stereocenters. The topological polar surface area (TPSA) is 173 Å². The second-order valence-corrected chi connectivity index (χ2v) is 13.3. The Bertz CT molecular complexity index is 2400. The van der Waals surface area contributed by atoms with E-state index in [1.807, 2.05) is 37.3 Å². The molecule has 2 aromatic heterocycles. The highest BCUT2D eigenvalue weighted by molar-refractivity contribution is 6.35. The normalized spacial score (nSPS) is 13.3. The molecule has 0 saturated carbocycles. The number of hydrogen-bond acceptors (Lipinski definition) is 9. The molecule has 4 heterocycles. The van der Waals surface area contributed by atoms with Crippen molar-refractivity contribution in [1.29, 1.82) is 0 Å². The molecule has 3 N–H and O–H groups in total. The Morgan fingerprint density at radius 1 is 0.600 bits per heavy atom. The number of amides is 5. The number of Topliss-reactive ketones (excluding diaryl/α,β-unsaturated/α-hetero) is 1. The molecule has 5 amide bonds. The zero-order chi connectivity index (χ0) is 38.4. The maximum Gasteiger partial charge on any atom is 0.266 e. The smallest absolute Gasteiger partial charge is 0.266 e. The third-order valence-electron chi connectivity index (χ3n) is 9.50. The predicted molar refractivity (Wildman–Crippen MR) is 204 cm³/mol. The minimum Gasteiger partial charge on any atom is -0.397 e. The van der Waals surface area contributed by atoms with Crippen molar-refractivity contribution in [2.24, 2.45) is 0 Å². The van der Waals surface area contributed by atoms with Gasteiger partial charge in [-0.3, -0.25) is 33.8 Å². The van der Waals surface area contributed by atoms with Gasteiger partial charge in [0.05, 0.1) is 51.9 Å². The second-order valence-electron chi connectivity index (χ2n) is 13.3. The Morgan fingerprint density at radius 2 is 1.15 bits per heavy atom. The van der Waals surface area contributed by atoms with Gasteiger partial charge in [0.2, 0.25) is 0 Å². The molecule has 55 heavy (non-hydrogen) atoms. The molecule has 8 rings (SSSR count). The monoisotopic (exact) mass is 726 g/mol. The molecule has 0 bridgehead atoms. The van der Waals surface area contributed by atoms with E-state index in [-0.39, 0.29) is 40.0 Å². The number of ketones is 1. The Kier molecular flexibility index (Phi) is 8.62. The number of nitrogen functional groups attached to an aromatic ring is 1. The van der Waals surface area contributed by atoms with Crippen molar-refractivity contribution in [3.05, 3.63) is 177 Å². The molecule has 6 aromatic rings. The van der Waals surface area contributed by atoms with Gasteiger partial charge in [0.15, 0.2) is 5.78 Å². The first-order valence-electron chi connectivity index (χ1n) is 17.3. The first-order valence-corrected chi connectivity index (χ1v) is 17.3. The summed E-state index contributed by atoms with van der Waals surface area (Å²) in [5.41, 5.74) is 11.5. The van der Waals surface area contributed by atoms with Gasteiger partial charge in [-0.05, 0) is 103 Å². The number of nitrogens with two attached hydrogens (primary N) is 1. The predicted octanol–water partition coefficient (Wildman–Crippen LogP) is 6.24. The molecule has 12 nitrogen and oxygen atoms in total. The highest BCUT2D eigenvalue weighted by atomic mass is 16.2. The minimum absolute atomic E-state index is 0.0749. The van der Waals surface area contributed by atoms with Crippen molar-refractivity contribution in [2.45, 2.75) is 19.8 Å². The Labute approximate surface area is 314 Å². The van der Waals surface area contributed by atoms with Crippen molar-refractivity contribution < 1.29 is 28.8 Å². The average Bonchev–Trinajstić information content (AvgIpc) is 3.60. The van der Waals surface area contributed by atoms with E-state index in [2.05, 4.69) is 15.3 Å². The van der Waals surface area contributed by atoms with Crippen LogP contribution in [0.25, 0.3) is 0 Å². The van der Waals surface area contributed by atoms with E-state index in [9.17, 15) is 28.8 Å². The van der Waals surface area contributed by atoms with E-state index in [1.54, 1.807) is 54.7 Å². The number of fused-ring (bicyclic) bond motifs is 2. The van der Waals surface area contributed by atoms with Gasteiger partial charge in [-0.2, -0.15) is 0 Å². The van der Waals surface area contributed by atoms with Gasteiger partial charge in [-0.25, -0.2) is 14.8 Å². The van der Waals surface area contributed by atoms with E-state index in [0.29, 0.717) is 40.6 Å². The van der Waals surface area contributed by atoms with Gasteiger partial charge >= 0.3 is 0 Å². The van der Waals surface area contributed by atoms with E-state index in [1.165, 1.54) is 36.5 Å². The highest BCUT2D eigenvalue weighted by Gasteiger charge is 2.38. The number of aromatic nitrogens is 2. The van der Waals surface area contributed by atoms with E-state index < -0.39 is 29.5 Å². The molecule has 0 saturated heterocycles. The van der Waals surface area contributed by atoms with Crippen molar-refractivity contribution in [3.8, 4) is 0 Å². The highest BCUT2D eigenvalue weighted by Crippen LogP contribution is 2.32. The Morgan fingerprint density at radius 3 is 1.67 bits per heavy atom. The summed E-state index contributed by atoms with van der Waals surface area (Å²) in [7, 11) is 0. The number of nitrogens with zero attached hydrogens (tertiary/aromatic N) is 4. The van der Waals surface area contributed by atoms with Crippen molar-refractivity contribution in [1.82, 2.24) is 9.97 Å². The molecule has 0 atom stereocenters. The quantitative estimate of drug-likeness (QED) is 0.129. The third kappa shape index (κ3) is 6.52. The third-order valence-corrected chi connectivity index (χ3v) is 9.50. The van der Waals surface area contributed by atoms with Crippen LogP contribution in [0, 0.1) is 6.92 Å². The molecular formula is C43H30N6O6. The van der Waals surface area contributed by atoms with Gasteiger partial charge in [0, 0.05) is 23.0 Å². The number of carbonyl (C=O) groups excluding carboxylic acids is 6. The lowest BCUT2D eigenvalue weighted by Gasteiger charge is -2.15. The van der Waals surface area contributed by atoms with Crippen molar-refractivity contribution >= 4 is 58.2 Å². The number of hydrogen-bond donors (Lipinski definition) is 2. The summed E-state index contributed by atoms with van der Waals surface area (Å²) in [6.45, 7) is 1.91. The second kappa shape index (κ2) is 13.7. The summed E-state index contributed by atoms with van der Waals surface area (Å²) in [6.07, 6.45) is 3.67. The zero-order valence-corrected chi connectivity index (χ0v) is 29.3. The van der Waals surface area contributed by atoms with Crippen LogP contribution in [0.3, 0.4) is 0 Å². The fraction of sp³-hybridized carbons (Fsp3) is 0.0698. The van der Waals surface area contributed by atoms with Gasteiger partial charge in [0.25, 0.3) is 29.5 Å². The van der Waals surface area contributed by atoms with Gasteiger partial charge in [0.1, 0.15) is 5.82 Å². The van der Waals surface area contributed by atoms with Crippen LogP contribution in [0.4, 0.5) is 22.9 Å². The largest absolute Gasteiger partial charge is 0.397 e. The average molecular weight is 727 g/mol. The van der Waals surface area contributed by atoms with Crippen LogP contribution in [0.1, 0.15) is 84.5 Å². The van der Waals surface area contributed by atoms with Gasteiger partial charge in [-0.1, -0.05) is 36.4 Å². The minimum atomic E-state index is -0.542. The van der Waals surface area contributed by atoms with Crippen LogP contribution >= 0.6 is 0 Å². The lowest BCUT2D eigenvalue weighted by molar-refractivity contribution is 0.0910. The van der Waals surface area contributed by atoms with Crippen LogP contribution in [-0.4, -0.2) is 45.3 Å². The van der Waals surface area contributed by atoms with Crippen LogP contribution in [-0.2, 0) is 12.8 Å². The molecule has 12 heteroatoms. The summed E-state index contributed by atoms with van der Waals surface area (Å²) in [4.78, 5) is 89.8. The first kappa shape index (κ1) is 34.5. The van der Waals surface area contributed by atoms with Crippen LogP contribution in [0.15, 0.2) is 122 Å². The van der Waals surface area contributed by atoms with Crippen molar-refractivity contribution in [2.75, 3.05) is 20.9 Å². The Balaban J connectivity index is 0.918.